The van der Waals surface area contributed by atoms with Crippen LogP contribution in [0.25, 0.3) is 0 Å². The largest absolute Gasteiger partial charge is 0.379 e. The van der Waals surface area contributed by atoms with Gasteiger partial charge >= 0.3 is 0 Å². The van der Waals surface area contributed by atoms with E-state index in [4.69, 9.17) is 16.2 Å². The Labute approximate surface area is 159 Å². The summed E-state index contributed by atoms with van der Waals surface area (Å²) in [6, 6.07) is 3.38. The molecule has 0 amide bonds. The number of amidine groups is 1. The highest BCUT2D eigenvalue weighted by atomic mass is 32.2. The van der Waals surface area contributed by atoms with Crippen molar-refractivity contribution < 1.29 is 13.5 Å². The molecular formula is C18H19F2N5OS. The zero-order valence-corrected chi connectivity index (χ0v) is 15.5. The van der Waals surface area contributed by atoms with Gasteiger partial charge in [-0.1, -0.05) is 17.8 Å². The second-order valence-corrected chi connectivity index (χ2v) is 8.00. The number of benzene rings is 1. The Hall–Kier alpha value is -2.10. The van der Waals surface area contributed by atoms with E-state index in [2.05, 4.69) is 15.0 Å². The Morgan fingerprint density at radius 2 is 2.00 bits per heavy atom. The molecule has 0 unspecified atom stereocenters. The van der Waals surface area contributed by atoms with Gasteiger partial charge in [0.25, 0.3) is 0 Å². The number of aromatic nitrogens is 2. The van der Waals surface area contributed by atoms with E-state index in [9.17, 15) is 8.78 Å². The molecule has 0 spiro atoms. The van der Waals surface area contributed by atoms with Crippen molar-refractivity contribution >= 4 is 16.9 Å². The second kappa shape index (κ2) is 6.50. The molecule has 27 heavy (non-hydrogen) atoms. The summed E-state index contributed by atoms with van der Waals surface area (Å²) in [4.78, 5) is 13.2. The summed E-state index contributed by atoms with van der Waals surface area (Å²) in [5, 5.41) is 0.299. The number of ether oxygens (including phenoxy) is 1. The summed E-state index contributed by atoms with van der Waals surface area (Å²) in [6.07, 6.45) is 3.31. The van der Waals surface area contributed by atoms with E-state index in [-0.39, 0.29) is 12.2 Å². The van der Waals surface area contributed by atoms with Gasteiger partial charge in [0.15, 0.2) is 11.0 Å². The Bertz CT molecular complexity index is 909. The van der Waals surface area contributed by atoms with Gasteiger partial charge in [0, 0.05) is 36.2 Å². The minimum atomic E-state index is -1.23. The lowest BCUT2D eigenvalue weighted by atomic mass is 9.69. The van der Waals surface area contributed by atoms with Crippen molar-refractivity contribution in [3.8, 4) is 0 Å². The normalized spacial score (nSPS) is 30.5. The monoisotopic (exact) mass is 391 g/mol. The first-order valence-corrected chi connectivity index (χ1v) is 9.44. The molecule has 4 rings (SSSR count). The highest BCUT2D eigenvalue weighted by Gasteiger charge is 2.58. The van der Waals surface area contributed by atoms with Gasteiger partial charge in [-0.2, -0.15) is 0 Å². The predicted molar refractivity (Wildman–Crippen MR) is 99.1 cm³/mol. The fraction of sp³-hybridized carbons (Fsp3) is 0.389. The highest BCUT2D eigenvalue weighted by molar-refractivity contribution is 8.13. The summed E-state index contributed by atoms with van der Waals surface area (Å²) < 4.78 is 34.1. The van der Waals surface area contributed by atoms with Crippen molar-refractivity contribution in [3.63, 3.8) is 0 Å². The summed E-state index contributed by atoms with van der Waals surface area (Å²) in [5.74, 6) is -0.446. The van der Waals surface area contributed by atoms with E-state index in [0.717, 1.165) is 11.6 Å². The molecule has 2 aromatic rings. The van der Waals surface area contributed by atoms with Gasteiger partial charge in [-0.3, -0.25) is 0 Å². The lowest BCUT2D eigenvalue weighted by Crippen LogP contribution is -2.67. The number of aliphatic imine (C=N–C) groups is 1. The number of thioether (sulfide) groups is 1. The van der Waals surface area contributed by atoms with E-state index in [0.29, 0.717) is 23.2 Å². The topological polar surface area (TPSA) is 99.4 Å². The number of hydrogen-bond acceptors (Lipinski definition) is 7. The van der Waals surface area contributed by atoms with Crippen molar-refractivity contribution in [2.24, 2.45) is 16.5 Å². The lowest BCUT2D eigenvalue weighted by Gasteiger charge is -2.52. The van der Waals surface area contributed by atoms with E-state index >= 15 is 0 Å². The van der Waals surface area contributed by atoms with Crippen LogP contribution >= 0.6 is 11.8 Å². The van der Waals surface area contributed by atoms with Gasteiger partial charge in [-0.15, -0.1) is 0 Å². The van der Waals surface area contributed by atoms with E-state index in [1.165, 1.54) is 23.9 Å². The molecule has 2 aliphatic heterocycles. The first-order chi connectivity index (χ1) is 12.8. The second-order valence-electron chi connectivity index (χ2n) is 7.00. The van der Waals surface area contributed by atoms with Gasteiger partial charge < -0.3 is 16.2 Å². The molecule has 1 aromatic carbocycles. The minimum absolute atomic E-state index is 0.00475. The molecule has 3 heterocycles. The van der Waals surface area contributed by atoms with E-state index in [1.807, 2.05) is 6.92 Å². The average molecular weight is 391 g/mol. The molecule has 0 aliphatic carbocycles. The smallest absolute Gasteiger partial charge is 0.157 e. The number of hydrogen-bond donors (Lipinski definition) is 2. The SMILES string of the molecule is Cc1cnc([C@H]2C[C@@]3(N)CSC(N)=N[C@@]3(c3ccc(F)cc3F)CO2)nc1. The summed E-state index contributed by atoms with van der Waals surface area (Å²) >= 11 is 1.31. The van der Waals surface area contributed by atoms with Gasteiger partial charge in [0.05, 0.1) is 12.1 Å². The molecule has 3 atom stereocenters. The van der Waals surface area contributed by atoms with Crippen LogP contribution in [0, 0.1) is 18.6 Å². The maximum absolute atomic E-state index is 14.7. The first kappa shape index (κ1) is 18.3. The van der Waals surface area contributed by atoms with Crippen molar-refractivity contribution in [1.82, 2.24) is 9.97 Å². The van der Waals surface area contributed by atoms with Crippen molar-refractivity contribution in [2.75, 3.05) is 12.4 Å². The third kappa shape index (κ3) is 2.99. The summed E-state index contributed by atoms with van der Waals surface area (Å²) in [6.45, 7) is 1.89. The molecule has 2 aliphatic rings. The van der Waals surface area contributed by atoms with E-state index < -0.39 is 28.8 Å². The minimum Gasteiger partial charge on any atom is -0.379 e. The van der Waals surface area contributed by atoms with Crippen molar-refractivity contribution in [3.05, 3.63) is 59.2 Å². The van der Waals surface area contributed by atoms with E-state index in [1.54, 1.807) is 12.4 Å². The molecule has 142 valence electrons. The van der Waals surface area contributed by atoms with Crippen LogP contribution in [0.4, 0.5) is 8.78 Å². The van der Waals surface area contributed by atoms with Crippen molar-refractivity contribution in [1.29, 1.82) is 0 Å². The third-order valence-corrected chi connectivity index (χ3v) is 6.16. The Kier molecular flexibility index (Phi) is 4.40. The van der Waals surface area contributed by atoms with Crippen LogP contribution in [0.1, 0.15) is 29.5 Å². The van der Waals surface area contributed by atoms with Crippen LogP contribution in [0.3, 0.4) is 0 Å². The quantitative estimate of drug-likeness (QED) is 0.814. The lowest BCUT2D eigenvalue weighted by molar-refractivity contribution is -0.0733. The van der Waals surface area contributed by atoms with Gasteiger partial charge in [0.2, 0.25) is 0 Å². The Balaban J connectivity index is 1.77. The van der Waals surface area contributed by atoms with Crippen LogP contribution in [0.2, 0.25) is 0 Å². The molecule has 4 N–H and O–H groups in total. The third-order valence-electron chi connectivity index (χ3n) is 5.11. The molecule has 1 aromatic heterocycles. The fourth-order valence-electron chi connectivity index (χ4n) is 3.63. The van der Waals surface area contributed by atoms with Crippen LogP contribution in [0.15, 0.2) is 35.6 Å². The predicted octanol–water partition coefficient (Wildman–Crippen LogP) is 2.18. The zero-order chi connectivity index (χ0) is 19.2. The summed E-state index contributed by atoms with van der Waals surface area (Å²) in [5.41, 5.74) is 11.6. The Morgan fingerprint density at radius 3 is 2.70 bits per heavy atom. The van der Waals surface area contributed by atoms with Gasteiger partial charge in [-0.05, 0) is 18.6 Å². The average Bonchev–Trinajstić information content (AvgIpc) is 2.62. The van der Waals surface area contributed by atoms with Crippen LogP contribution in [0.5, 0.6) is 0 Å². The standard InChI is InChI=1S/C18H19F2N5OS/c1-10-6-23-15(24-7-10)14-5-17(22)9-27-16(21)25-18(17,8-26-14)12-3-2-11(19)4-13(12)20/h2-4,6-7,14H,5,8-9,22H2,1H3,(H2,21,25)/t14-,17-,18-/m1/s1. The number of aryl methyl sites for hydroxylation is 1. The molecule has 0 bridgehead atoms. The molecular weight excluding hydrogens is 372 g/mol. The molecule has 0 saturated carbocycles. The number of nitrogens with zero attached hydrogens (tertiary/aromatic N) is 3. The number of fused-ring (bicyclic) bond motifs is 1. The molecule has 0 radical (unpaired) electrons. The van der Waals surface area contributed by atoms with Crippen LogP contribution in [-0.4, -0.2) is 33.0 Å². The maximum atomic E-state index is 14.7. The summed E-state index contributed by atoms with van der Waals surface area (Å²) in [7, 11) is 0. The molecule has 1 fully saturated rings. The zero-order valence-electron chi connectivity index (χ0n) is 14.7. The van der Waals surface area contributed by atoms with Gasteiger partial charge in [0.1, 0.15) is 23.3 Å². The number of rotatable bonds is 2. The Morgan fingerprint density at radius 1 is 1.26 bits per heavy atom. The molecule has 9 heteroatoms. The van der Waals surface area contributed by atoms with Crippen LogP contribution < -0.4 is 11.5 Å². The maximum Gasteiger partial charge on any atom is 0.157 e. The van der Waals surface area contributed by atoms with Crippen molar-refractivity contribution in [2.45, 2.75) is 30.5 Å². The first-order valence-electron chi connectivity index (χ1n) is 8.46. The molecule has 6 nitrogen and oxygen atoms in total. The molecule has 1 saturated heterocycles. The number of halogens is 2. The van der Waals surface area contributed by atoms with Crippen LogP contribution in [-0.2, 0) is 10.3 Å². The van der Waals surface area contributed by atoms with Gasteiger partial charge in [-0.25, -0.2) is 23.7 Å². The fourth-order valence-corrected chi connectivity index (χ4v) is 4.62. The highest BCUT2D eigenvalue weighted by Crippen LogP contribution is 2.50. The number of nitrogens with two attached hydrogens (primary N) is 2.